The van der Waals surface area contributed by atoms with Crippen molar-refractivity contribution >= 4 is 11.8 Å². The van der Waals surface area contributed by atoms with Crippen LogP contribution in [0.4, 0.5) is 0 Å². The molecule has 0 radical (unpaired) electrons. The number of hydrogen-bond donors (Lipinski definition) is 1. The number of fused-ring (bicyclic) bond motifs is 1. The molecule has 3 rings (SSSR count). The molecule has 2 unspecified atom stereocenters. The summed E-state index contributed by atoms with van der Waals surface area (Å²) in [6, 6.07) is 9.47. The second-order valence-electron chi connectivity index (χ2n) is 6.06. The van der Waals surface area contributed by atoms with Crippen molar-refractivity contribution in [3.05, 3.63) is 35.4 Å². The second-order valence-corrected chi connectivity index (χ2v) is 7.09. The number of thioether (sulfide) groups is 1. The van der Waals surface area contributed by atoms with Crippen LogP contribution in [0.15, 0.2) is 24.3 Å². The third-order valence-corrected chi connectivity index (χ3v) is 5.38. The molecule has 17 heavy (non-hydrogen) atoms. The van der Waals surface area contributed by atoms with Gasteiger partial charge in [-0.3, -0.25) is 0 Å². The molecule has 1 aliphatic heterocycles. The first-order chi connectivity index (χ1) is 8.17. The van der Waals surface area contributed by atoms with Gasteiger partial charge in [0.2, 0.25) is 0 Å². The molecule has 1 saturated carbocycles. The second kappa shape index (κ2) is 4.33. The standard InChI is InChI=1S/C15H21NS/c1-15(2)7-12(15)8-16-14-10-17-9-11-5-3-4-6-13(11)14/h3-6,12,14,16H,7-10H2,1-2H3. The van der Waals surface area contributed by atoms with Gasteiger partial charge >= 0.3 is 0 Å². The summed E-state index contributed by atoms with van der Waals surface area (Å²) < 4.78 is 0. The van der Waals surface area contributed by atoms with Crippen molar-refractivity contribution in [1.82, 2.24) is 5.32 Å². The van der Waals surface area contributed by atoms with Crippen LogP contribution >= 0.6 is 11.8 Å². The summed E-state index contributed by atoms with van der Waals surface area (Å²) >= 11 is 2.06. The van der Waals surface area contributed by atoms with E-state index in [9.17, 15) is 0 Å². The highest BCUT2D eigenvalue weighted by Crippen LogP contribution is 2.51. The van der Waals surface area contributed by atoms with Gasteiger partial charge in [0.05, 0.1) is 0 Å². The lowest BCUT2D eigenvalue weighted by atomic mass is 10.0. The van der Waals surface area contributed by atoms with Crippen molar-refractivity contribution in [2.45, 2.75) is 32.1 Å². The molecular weight excluding hydrogens is 226 g/mol. The fourth-order valence-electron chi connectivity index (χ4n) is 2.76. The highest BCUT2D eigenvalue weighted by atomic mass is 32.2. The Morgan fingerprint density at radius 2 is 2.12 bits per heavy atom. The van der Waals surface area contributed by atoms with E-state index >= 15 is 0 Å². The first-order valence-electron chi connectivity index (χ1n) is 6.56. The Kier molecular flexibility index (Phi) is 2.95. The third-order valence-electron chi connectivity index (χ3n) is 4.30. The number of benzene rings is 1. The van der Waals surface area contributed by atoms with Crippen molar-refractivity contribution in [3.63, 3.8) is 0 Å². The van der Waals surface area contributed by atoms with E-state index in [1.165, 1.54) is 35.6 Å². The fourth-order valence-corrected chi connectivity index (χ4v) is 3.89. The van der Waals surface area contributed by atoms with Gasteiger partial charge in [-0.05, 0) is 35.4 Å². The molecule has 1 aromatic rings. The normalized spacial score (nSPS) is 29.8. The van der Waals surface area contributed by atoms with Crippen LogP contribution in [-0.4, -0.2) is 12.3 Å². The minimum absolute atomic E-state index is 0.571. The van der Waals surface area contributed by atoms with E-state index in [4.69, 9.17) is 0 Å². The maximum absolute atomic E-state index is 3.77. The van der Waals surface area contributed by atoms with Crippen LogP contribution in [0, 0.1) is 11.3 Å². The molecule has 1 N–H and O–H groups in total. The van der Waals surface area contributed by atoms with Crippen molar-refractivity contribution in [1.29, 1.82) is 0 Å². The molecule has 1 fully saturated rings. The minimum Gasteiger partial charge on any atom is -0.309 e. The Labute approximate surface area is 108 Å². The smallest absolute Gasteiger partial charge is 0.0415 e. The van der Waals surface area contributed by atoms with Gasteiger partial charge in [-0.1, -0.05) is 38.1 Å². The summed E-state index contributed by atoms with van der Waals surface area (Å²) in [6.07, 6.45) is 1.39. The van der Waals surface area contributed by atoms with Crippen molar-refractivity contribution in [2.75, 3.05) is 12.3 Å². The van der Waals surface area contributed by atoms with Crippen LogP contribution in [0.25, 0.3) is 0 Å². The van der Waals surface area contributed by atoms with Gasteiger partial charge in [-0.2, -0.15) is 11.8 Å². The minimum atomic E-state index is 0.571. The van der Waals surface area contributed by atoms with Crippen LogP contribution in [0.2, 0.25) is 0 Å². The van der Waals surface area contributed by atoms with Gasteiger partial charge < -0.3 is 5.32 Å². The molecule has 2 heteroatoms. The zero-order chi connectivity index (χ0) is 11.9. The average molecular weight is 247 g/mol. The van der Waals surface area contributed by atoms with E-state index in [1.807, 2.05) is 0 Å². The van der Waals surface area contributed by atoms with Gasteiger partial charge in [-0.25, -0.2) is 0 Å². The Morgan fingerprint density at radius 1 is 1.35 bits per heavy atom. The Bertz CT molecular complexity index is 413. The molecule has 0 aromatic heterocycles. The maximum Gasteiger partial charge on any atom is 0.0415 e. The first-order valence-corrected chi connectivity index (χ1v) is 7.71. The lowest BCUT2D eigenvalue weighted by molar-refractivity contribution is 0.485. The molecule has 0 spiro atoms. The topological polar surface area (TPSA) is 12.0 Å². The van der Waals surface area contributed by atoms with Crippen molar-refractivity contribution < 1.29 is 0 Å². The molecule has 1 aromatic carbocycles. The van der Waals surface area contributed by atoms with Crippen LogP contribution < -0.4 is 5.32 Å². The van der Waals surface area contributed by atoms with Crippen molar-refractivity contribution in [3.8, 4) is 0 Å². The summed E-state index contributed by atoms with van der Waals surface area (Å²) in [6.45, 7) is 5.94. The molecule has 0 amide bonds. The monoisotopic (exact) mass is 247 g/mol. The van der Waals surface area contributed by atoms with Crippen LogP contribution in [0.3, 0.4) is 0 Å². The Hall–Kier alpha value is -0.470. The van der Waals surface area contributed by atoms with Gasteiger partial charge in [0.15, 0.2) is 0 Å². The highest BCUT2D eigenvalue weighted by molar-refractivity contribution is 7.98. The van der Waals surface area contributed by atoms with Crippen molar-refractivity contribution in [2.24, 2.45) is 11.3 Å². The van der Waals surface area contributed by atoms with Crippen LogP contribution in [-0.2, 0) is 5.75 Å². The molecule has 2 atom stereocenters. The summed E-state index contributed by atoms with van der Waals surface area (Å²) in [5.41, 5.74) is 3.65. The first kappa shape index (κ1) is 11.6. The predicted molar refractivity (Wildman–Crippen MR) is 75.2 cm³/mol. The van der Waals surface area contributed by atoms with E-state index in [0.717, 1.165) is 5.92 Å². The molecule has 0 bridgehead atoms. The van der Waals surface area contributed by atoms with E-state index in [2.05, 4.69) is 55.2 Å². The molecule has 2 aliphatic rings. The van der Waals surface area contributed by atoms with E-state index < -0.39 is 0 Å². The van der Waals surface area contributed by atoms with Gasteiger partial charge in [0.1, 0.15) is 0 Å². The van der Waals surface area contributed by atoms with Gasteiger partial charge in [0, 0.05) is 17.5 Å². The summed E-state index contributed by atoms with van der Waals surface area (Å²) in [7, 11) is 0. The fraction of sp³-hybridized carbons (Fsp3) is 0.600. The number of nitrogens with one attached hydrogen (secondary N) is 1. The zero-order valence-corrected chi connectivity index (χ0v) is 11.5. The summed E-state index contributed by atoms with van der Waals surface area (Å²) in [4.78, 5) is 0. The molecule has 1 aliphatic carbocycles. The van der Waals surface area contributed by atoms with E-state index in [-0.39, 0.29) is 0 Å². The largest absolute Gasteiger partial charge is 0.309 e. The lowest BCUT2D eigenvalue weighted by Gasteiger charge is -2.26. The molecular formula is C15H21NS. The predicted octanol–water partition coefficient (Wildman–Crippen LogP) is 3.61. The van der Waals surface area contributed by atoms with E-state index in [1.54, 1.807) is 0 Å². The third kappa shape index (κ3) is 2.38. The van der Waals surface area contributed by atoms with Gasteiger partial charge in [-0.15, -0.1) is 0 Å². The average Bonchev–Trinajstić information content (AvgIpc) is 2.94. The molecule has 1 nitrogen and oxygen atoms in total. The number of rotatable bonds is 3. The molecule has 0 saturated heterocycles. The maximum atomic E-state index is 3.77. The summed E-state index contributed by atoms with van der Waals surface area (Å²) in [5, 5.41) is 3.77. The molecule has 92 valence electrons. The Balaban J connectivity index is 1.65. The quantitative estimate of drug-likeness (QED) is 0.875. The highest BCUT2D eigenvalue weighted by Gasteiger charge is 2.45. The number of hydrogen-bond acceptors (Lipinski definition) is 2. The van der Waals surface area contributed by atoms with Crippen LogP contribution in [0.1, 0.15) is 37.4 Å². The lowest BCUT2D eigenvalue weighted by Crippen LogP contribution is -2.29. The van der Waals surface area contributed by atoms with Gasteiger partial charge in [0.25, 0.3) is 0 Å². The van der Waals surface area contributed by atoms with E-state index in [0.29, 0.717) is 11.5 Å². The Morgan fingerprint density at radius 3 is 2.88 bits per heavy atom. The molecule has 1 heterocycles. The summed E-state index contributed by atoms with van der Waals surface area (Å²) in [5.74, 6) is 3.30. The SMILES string of the molecule is CC1(C)CC1CNC1CSCc2ccccc21. The van der Waals surface area contributed by atoms with Crippen LogP contribution in [0.5, 0.6) is 0 Å². The zero-order valence-electron chi connectivity index (χ0n) is 10.7.